The van der Waals surface area contributed by atoms with E-state index < -0.39 is 29.2 Å². The zero-order valence-electron chi connectivity index (χ0n) is 20.6. The van der Waals surface area contributed by atoms with Crippen LogP contribution in [0, 0.1) is 5.82 Å². The maximum absolute atomic E-state index is 13.9. The first-order valence-corrected chi connectivity index (χ1v) is 11.5. The Kier molecular flexibility index (Phi) is 7.00. The molecule has 0 saturated heterocycles. The van der Waals surface area contributed by atoms with E-state index in [1.54, 1.807) is 30.3 Å². The van der Waals surface area contributed by atoms with E-state index >= 15 is 0 Å². The molecule has 1 N–H and O–H groups in total. The molecule has 0 bridgehead atoms. The molecule has 0 aliphatic heterocycles. The van der Waals surface area contributed by atoms with Crippen LogP contribution in [0.3, 0.4) is 0 Å². The van der Waals surface area contributed by atoms with Gasteiger partial charge in [0.2, 0.25) is 11.8 Å². The number of halogens is 1. The maximum atomic E-state index is 13.9. The molecule has 0 radical (unpaired) electrons. The molecule has 1 heterocycles. The molecule has 4 rings (SSSR count). The number of hydrogen-bond acceptors (Lipinski definition) is 5. The zero-order valence-corrected chi connectivity index (χ0v) is 20.6. The fraction of sp³-hybridized carbons (Fsp3) is 0.259. The highest BCUT2D eigenvalue weighted by molar-refractivity contribution is 6.01. The number of carbonyl (C=O) groups excluding carboxylic acids is 2. The number of nitrogens with zero attached hydrogens (tertiary/aromatic N) is 4. The van der Waals surface area contributed by atoms with Crippen LogP contribution >= 0.6 is 0 Å². The van der Waals surface area contributed by atoms with Crippen molar-refractivity contribution in [3.05, 3.63) is 84.2 Å². The fourth-order valence-electron chi connectivity index (χ4n) is 3.94. The molecule has 1 atom stereocenters. The minimum absolute atomic E-state index is 0.179. The van der Waals surface area contributed by atoms with E-state index in [9.17, 15) is 14.0 Å². The van der Waals surface area contributed by atoms with E-state index in [0.717, 1.165) is 0 Å². The first kappa shape index (κ1) is 24.8. The molecule has 0 aliphatic carbocycles. The Balaban J connectivity index is 1.83. The summed E-state index contributed by atoms with van der Waals surface area (Å²) in [5.74, 6) is -0.730. The molecule has 0 spiro atoms. The lowest BCUT2D eigenvalue weighted by Gasteiger charge is -2.34. The van der Waals surface area contributed by atoms with E-state index in [-0.39, 0.29) is 6.54 Å². The number of para-hydroxylation sites is 1. The van der Waals surface area contributed by atoms with Crippen molar-refractivity contribution in [2.24, 2.45) is 0 Å². The third-order valence-electron chi connectivity index (χ3n) is 5.49. The maximum Gasteiger partial charge on any atom is 0.249 e. The van der Waals surface area contributed by atoms with Gasteiger partial charge in [0, 0.05) is 11.2 Å². The number of amides is 2. The number of carbonyl (C=O) groups is 2. The van der Waals surface area contributed by atoms with Crippen LogP contribution in [0.5, 0.6) is 5.75 Å². The van der Waals surface area contributed by atoms with Crippen LogP contribution in [0.15, 0.2) is 72.8 Å². The normalized spacial score (nSPS) is 12.2. The van der Waals surface area contributed by atoms with Gasteiger partial charge < -0.3 is 10.1 Å². The number of fused-ring (bicyclic) bond motifs is 1. The number of ether oxygens (including phenoxy) is 1. The molecule has 0 aliphatic rings. The Morgan fingerprint density at radius 3 is 2.47 bits per heavy atom. The van der Waals surface area contributed by atoms with Gasteiger partial charge in [0.15, 0.2) is 0 Å². The van der Waals surface area contributed by atoms with Crippen LogP contribution in [0.4, 0.5) is 10.1 Å². The van der Waals surface area contributed by atoms with Crippen molar-refractivity contribution in [3.63, 3.8) is 0 Å². The molecule has 8 nitrogen and oxygen atoms in total. The standard InChI is InChI=1S/C27H28FN5O3/c1-27(2,3)29-26(35)25(18-8-7-9-21(16-18)36-4)33(20-14-12-19(28)13-15-20)24(34)17-32-23-11-6-5-10-22(23)30-31-32/h5-16,25H,17H2,1-4H3,(H,29,35)/t25-/m1/s1. The highest BCUT2D eigenvalue weighted by Crippen LogP contribution is 2.31. The number of methoxy groups -OCH3 is 1. The van der Waals surface area contributed by atoms with Crippen molar-refractivity contribution in [3.8, 4) is 5.75 Å². The van der Waals surface area contributed by atoms with Crippen LogP contribution in [-0.2, 0) is 16.1 Å². The number of anilines is 1. The third-order valence-corrected chi connectivity index (χ3v) is 5.49. The lowest BCUT2D eigenvalue weighted by Crippen LogP contribution is -2.50. The Morgan fingerprint density at radius 2 is 1.78 bits per heavy atom. The minimum atomic E-state index is -1.06. The van der Waals surface area contributed by atoms with Crippen LogP contribution in [0.2, 0.25) is 0 Å². The largest absolute Gasteiger partial charge is 0.497 e. The molecule has 9 heteroatoms. The highest BCUT2D eigenvalue weighted by atomic mass is 19.1. The predicted molar refractivity (Wildman–Crippen MR) is 135 cm³/mol. The summed E-state index contributed by atoms with van der Waals surface area (Å²) in [6, 6.07) is 18.7. The smallest absolute Gasteiger partial charge is 0.249 e. The molecular weight excluding hydrogens is 461 g/mol. The quantitative estimate of drug-likeness (QED) is 0.419. The number of nitrogens with one attached hydrogen (secondary N) is 1. The molecule has 0 fully saturated rings. The molecule has 0 saturated carbocycles. The van der Waals surface area contributed by atoms with Crippen molar-refractivity contribution >= 4 is 28.5 Å². The van der Waals surface area contributed by atoms with Crippen LogP contribution in [0.1, 0.15) is 32.4 Å². The van der Waals surface area contributed by atoms with Crippen molar-refractivity contribution in [1.29, 1.82) is 0 Å². The molecule has 4 aromatic rings. The summed E-state index contributed by atoms with van der Waals surface area (Å²) in [6.07, 6.45) is 0. The lowest BCUT2D eigenvalue weighted by molar-refractivity contribution is -0.128. The summed E-state index contributed by atoms with van der Waals surface area (Å²) in [4.78, 5) is 29.0. The van der Waals surface area contributed by atoms with Gasteiger partial charge in [0.05, 0.1) is 12.6 Å². The molecule has 36 heavy (non-hydrogen) atoms. The number of hydrogen-bond donors (Lipinski definition) is 1. The van der Waals surface area contributed by atoms with Crippen LogP contribution < -0.4 is 15.0 Å². The highest BCUT2D eigenvalue weighted by Gasteiger charge is 2.35. The van der Waals surface area contributed by atoms with Gasteiger partial charge in [-0.15, -0.1) is 5.10 Å². The van der Waals surface area contributed by atoms with Crippen LogP contribution in [0.25, 0.3) is 11.0 Å². The second-order valence-corrected chi connectivity index (χ2v) is 9.39. The second kappa shape index (κ2) is 10.2. The van der Waals surface area contributed by atoms with E-state index in [0.29, 0.717) is 28.0 Å². The van der Waals surface area contributed by atoms with Gasteiger partial charge in [-0.05, 0) is 74.9 Å². The average Bonchev–Trinajstić information content (AvgIpc) is 3.24. The molecule has 1 aromatic heterocycles. The third kappa shape index (κ3) is 5.51. The number of aromatic nitrogens is 3. The van der Waals surface area contributed by atoms with Gasteiger partial charge in [-0.1, -0.05) is 29.5 Å². The lowest BCUT2D eigenvalue weighted by atomic mass is 10.0. The van der Waals surface area contributed by atoms with E-state index in [1.807, 2.05) is 39.0 Å². The molecule has 2 amide bonds. The Bertz CT molecular complexity index is 1380. The molecule has 186 valence electrons. The zero-order chi connectivity index (χ0) is 25.9. The van der Waals surface area contributed by atoms with Gasteiger partial charge in [-0.2, -0.15) is 0 Å². The summed E-state index contributed by atoms with van der Waals surface area (Å²) in [5.41, 5.74) is 1.67. The predicted octanol–water partition coefficient (Wildman–Crippen LogP) is 4.27. The molecule has 0 unspecified atom stereocenters. The number of benzene rings is 3. The topological polar surface area (TPSA) is 89.4 Å². The second-order valence-electron chi connectivity index (χ2n) is 9.39. The first-order chi connectivity index (χ1) is 17.2. The Morgan fingerprint density at radius 1 is 1.06 bits per heavy atom. The van der Waals surface area contributed by atoms with Gasteiger partial charge in [0.1, 0.15) is 29.7 Å². The van der Waals surface area contributed by atoms with Gasteiger partial charge in [-0.25, -0.2) is 9.07 Å². The first-order valence-electron chi connectivity index (χ1n) is 11.5. The van der Waals surface area contributed by atoms with E-state index in [4.69, 9.17) is 4.74 Å². The van der Waals surface area contributed by atoms with Crippen molar-refractivity contribution < 1.29 is 18.7 Å². The van der Waals surface area contributed by atoms with E-state index in [1.165, 1.54) is 41.0 Å². The summed E-state index contributed by atoms with van der Waals surface area (Å²) in [6.45, 7) is 5.40. The minimum Gasteiger partial charge on any atom is -0.497 e. The average molecular weight is 490 g/mol. The van der Waals surface area contributed by atoms with Crippen molar-refractivity contribution in [2.45, 2.75) is 38.9 Å². The monoisotopic (exact) mass is 489 g/mol. The molecular formula is C27H28FN5O3. The SMILES string of the molecule is COc1cccc([C@H](C(=O)NC(C)(C)C)N(C(=O)Cn2nnc3ccccc32)c2ccc(F)cc2)c1. The summed E-state index contributed by atoms with van der Waals surface area (Å²) in [5, 5.41) is 11.2. The Hall–Kier alpha value is -4.27. The van der Waals surface area contributed by atoms with Gasteiger partial charge >= 0.3 is 0 Å². The summed E-state index contributed by atoms with van der Waals surface area (Å²) < 4.78 is 20.7. The molecule has 3 aromatic carbocycles. The Labute approximate surface area is 208 Å². The summed E-state index contributed by atoms with van der Waals surface area (Å²) >= 11 is 0. The van der Waals surface area contributed by atoms with Gasteiger partial charge in [-0.3, -0.25) is 14.5 Å². The summed E-state index contributed by atoms with van der Waals surface area (Å²) in [7, 11) is 1.53. The van der Waals surface area contributed by atoms with Crippen LogP contribution in [-0.4, -0.2) is 39.5 Å². The van der Waals surface area contributed by atoms with Gasteiger partial charge in [0.25, 0.3) is 0 Å². The van der Waals surface area contributed by atoms with Crippen molar-refractivity contribution in [2.75, 3.05) is 12.0 Å². The fourth-order valence-corrected chi connectivity index (χ4v) is 3.94. The van der Waals surface area contributed by atoms with E-state index in [2.05, 4.69) is 15.6 Å². The number of rotatable bonds is 7. The van der Waals surface area contributed by atoms with Crippen molar-refractivity contribution in [1.82, 2.24) is 20.3 Å².